The fourth-order valence-electron chi connectivity index (χ4n) is 2.88. The van der Waals surface area contributed by atoms with Crippen molar-refractivity contribution in [1.82, 2.24) is 9.97 Å². The average molecular weight is 349 g/mol. The minimum absolute atomic E-state index is 0.0459. The Bertz CT molecular complexity index is 671. The van der Waals surface area contributed by atoms with E-state index in [-0.39, 0.29) is 17.3 Å². The first-order valence-corrected chi connectivity index (χ1v) is 8.37. The van der Waals surface area contributed by atoms with E-state index < -0.39 is 6.10 Å². The average Bonchev–Trinajstić information content (AvgIpc) is 2.60. The van der Waals surface area contributed by atoms with Crippen molar-refractivity contribution >= 4 is 23.1 Å². The second kappa shape index (κ2) is 7.79. The standard InChI is InChI=1S/C17H21ClN4O2/c18-16-15(19)17(21-10-20-16)22-13-7-6-12(8-14(13)23)24-9-11-4-2-1-3-5-11/h1-5,10,12-14,23H,6-9,19H2,(H,20,21,22)/t12-,13-,14-/m1/s1. The lowest BCUT2D eigenvalue weighted by molar-refractivity contribution is -0.0273. The van der Waals surface area contributed by atoms with Crippen LogP contribution in [0.2, 0.25) is 5.15 Å². The maximum Gasteiger partial charge on any atom is 0.157 e. The number of rotatable bonds is 5. The van der Waals surface area contributed by atoms with Crippen molar-refractivity contribution in [3.05, 3.63) is 47.4 Å². The highest BCUT2D eigenvalue weighted by Gasteiger charge is 2.30. The van der Waals surface area contributed by atoms with Crippen LogP contribution < -0.4 is 11.1 Å². The molecule has 1 saturated carbocycles. The Morgan fingerprint density at radius 2 is 2.04 bits per heavy atom. The number of aliphatic hydroxyl groups excluding tert-OH is 1. The van der Waals surface area contributed by atoms with Crippen LogP contribution in [0.4, 0.5) is 11.5 Å². The first-order chi connectivity index (χ1) is 11.6. The van der Waals surface area contributed by atoms with Crippen LogP contribution >= 0.6 is 11.6 Å². The van der Waals surface area contributed by atoms with Crippen molar-refractivity contribution in [3.63, 3.8) is 0 Å². The molecule has 0 spiro atoms. The molecular formula is C17H21ClN4O2. The lowest BCUT2D eigenvalue weighted by Gasteiger charge is -2.34. The number of nitrogens with zero attached hydrogens (tertiary/aromatic N) is 2. The molecule has 0 aliphatic heterocycles. The maximum absolute atomic E-state index is 10.4. The quantitative estimate of drug-likeness (QED) is 0.719. The summed E-state index contributed by atoms with van der Waals surface area (Å²) in [4.78, 5) is 7.91. The Morgan fingerprint density at radius 3 is 2.79 bits per heavy atom. The minimum Gasteiger partial charge on any atom is -0.393 e. The summed E-state index contributed by atoms with van der Waals surface area (Å²) in [5.74, 6) is 0.461. The Balaban J connectivity index is 1.52. The van der Waals surface area contributed by atoms with Crippen LogP contribution in [0.1, 0.15) is 24.8 Å². The van der Waals surface area contributed by atoms with E-state index in [2.05, 4.69) is 15.3 Å². The number of nitrogens with one attached hydrogen (secondary N) is 1. The van der Waals surface area contributed by atoms with Crippen LogP contribution in [-0.4, -0.2) is 33.3 Å². The molecule has 4 N–H and O–H groups in total. The molecule has 6 nitrogen and oxygen atoms in total. The van der Waals surface area contributed by atoms with Gasteiger partial charge in [-0.2, -0.15) is 0 Å². The van der Waals surface area contributed by atoms with Crippen molar-refractivity contribution in [3.8, 4) is 0 Å². The third-order valence-corrected chi connectivity index (χ3v) is 4.56. The molecule has 1 aliphatic carbocycles. The number of nitrogens with two attached hydrogens (primary N) is 1. The van der Waals surface area contributed by atoms with Gasteiger partial charge in [-0.15, -0.1) is 0 Å². The number of benzene rings is 1. The summed E-state index contributed by atoms with van der Waals surface area (Å²) in [6.07, 6.45) is 3.06. The molecule has 0 saturated heterocycles. The van der Waals surface area contributed by atoms with E-state index in [1.165, 1.54) is 6.33 Å². The van der Waals surface area contributed by atoms with Gasteiger partial charge in [0.1, 0.15) is 12.0 Å². The van der Waals surface area contributed by atoms with Crippen molar-refractivity contribution in [1.29, 1.82) is 0 Å². The Labute approximate surface area is 146 Å². The van der Waals surface area contributed by atoms with Gasteiger partial charge in [-0.25, -0.2) is 9.97 Å². The van der Waals surface area contributed by atoms with Gasteiger partial charge in [0.2, 0.25) is 0 Å². The second-order valence-corrected chi connectivity index (χ2v) is 6.33. The number of halogens is 1. The molecule has 0 radical (unpaired) electrons. The summed E-state index contributed by atoms with van der Waals surface area (Å²) in [5, 5.41) is 13.8. The Kier molecular flexibility index (Phi) is 5.50. The molecule has 24 heavy (non-hydrogen) atoms. The zero-order valence-electron chi connectivity index (χ0n) is 13.2. The molecule has 0 bridgehead atoms. The van der Waals surface area contributed by atoms with Gasteiger partial charge in [-0.05, 0) is 18.4 Å². The predicted octanol–water partition coefficient (Wildman–Crippen LogP) is 2.62. The smallest absolute Gasteiger partial charge is 0.157 e. The summed E-state index contributed by atoms with van der Waals surface area (Å²) in [5.41, 5.74) is 7.29. The summed E-state index contributed by atoms with van der Waals surface area (Å²) >= 11 is 5.89. The molecule has 0 unspecified atom stereocenters. The van der Waals surface area contributed by atoms with E-state index in [0.717, 1.165) is 18.4 Å². The van der Waals surface area contributed by atoms with E-state index in [1.807, 2.05) is 30.3 Å². The number of hydrogen-bond acceptors (Lipinski definition) is 6. The molecule has 1 aromatic heterocycles. The molecule has 1 aromatic carbocycles. The van der Waals surface area contributed by atoms with Gasteiger partial charge in [0, 0.05) is 6.42 Å². The largest absolute Gasteiger partial charge is 0.393 e. The van der Waals surface area contributed by atoms with E-state index in [0.29, 0.717) is 24.5 Å². The summed E-state index contributed by atoms with van der Waals surface area (Å²) in [6, 6.07) is 9.90. The van der Waals surface area contributed by atoms with Gasteiger partial charge >= 0.3 is 0 Å². The summed E-state index contributed by atoms with van der Waals surface area (Å²) < 4.78 is 5.92. The first-order valence-electron chi connectivity index (χ1n) is 7.99. The third kappa shape index (κ3) is 4.14. The van der Waals surface area contributed by atoms with Crippen LogP contribution in [0.3, 0.4) is 0 Å². The molecule has 7 heteroatoms. The van der Waals surface area contributed by atoms with Gasteiger partial charge in [-0.3, -0.25) is 0 Å². The molecule has 128 valence electrons. The number of nitrogen functional groups attached to an aromatic ring is 1. The van der Waals surface area contributed by atoms with E-state index >= 15 is 0 Å². The molecule has 2 aromatic rings. The van der Waals surface area contributed by atoms with Gasteiger partial charge < -0.3 is 20.9 Å². The van der Waals surface area contributed by atoms with Gasteiger partial charge in [0.05, 0.1) is 24.9 Å². The van der Waals surface area contributed by atoms with Crippen molar-refractivity contribution in [2.24, 2.45) is 0 Å². The number of ether oxygens (including phenoxy) is 1. The highest BCUT2D eigenvalue weighted by Crippen LogP contribution is 2.28. The number of hydrogen-bond donors (Lipinski definition) is 3. The number of aliphatic hydroxyl groups is 1. The van der Waals surface area contributed by atoms with E-state index in [9.17, 15) is 5.11 Å². The highest BCUT2D eigenvalue weighted by atomic mass is 35.5. The molecule has 0 amide bonds. The minimum atomic E-state index is -0.535. The zero-order valence-corrected chi connectivity index (χ0v) is 14.0. The molecular weight excluding hydrogens is 328 g/mol. The zero-order chi connectivity index (χ0) is 16.9. The van der Waals surface area contributed by atoms with Crippen LogP contribution in [0.15, 0.2) is 36.7 Å². The van der Waals surface area contributed by atoms with Gasteiger partial charge in [-0.1, -0.05) is 41.9 Å². The maximum atomic E-state index is 10.4. The molecule has 1 heterocycles. The monoisotopic (exact) mass is 348 g/mol. The topological polar surface area (TPSA) is 93.3 Å². The van der Waals surface area contributed by atoms with Crippen molar-refractivity contribution in [2.45, 2.75) is 44.1 Å². The summed E-state index contributed by atoms with van der Waals surface area (Å²) in [7, 11) is 0. The number of anilines is 2. The Morgan fingerprint density at radius 1 is 1.25 bits per heavy atom. The van der Waals surface area contributed by atoms with Crippen LogP contribution in [-0.2, 0) is 11.3 Å². The summed E-state index contributed by atoms with van der Waals surface area (Å²) in [6.45, 7) is 0.560. The molecule has 1 aliphatic rings. The molecule has 3 atom stereocenters. The molecule has 1 fully saturated rings. The van der Waals surface area contributed by atoms with Gasteiger partial charge in [0.25, 0.3) is 0 Å². The second-order valence-electron chi connectivity index (χ2n) is 5.98. The van der Waals surface area contributed by atoms with Crippen LogP contribution in [0.25, 0.3) is 0 Å². The lowest BCUT2D eigenvalue weighted by Crippen LogP contribution is -2.42. The third-order valence-electron chi connectivity index (χ3n) is 4.25. The first kappa shape index (κ1) is 17.0. The Hall–Kier alpha value is -1.89. The van der Waals surface area contributed by atoms with Crippen LogP contribution in [0.5, 0.6) is 0 Å². The fourth-order valence-corrected chi connectivity index (χ4v) is 3.02. The molecule has 3 rings (SSSR count). The SMILES string of the molecule is Nc1c(Cl)ncnc1N[C@@H]1CC[C@@H](OCc2ccccc2)C[C@H]1O. The normalized spacial score (nSPS) is 23.8. The van der Waals surface area contributed by atoms with Crippen molar-refractivity contribution < 1.29 is 9.84 Å². The fraction of sp³-hybridized carbons (Fsp3) is 0.412. The van der Waals surface area contributed by atoms with E-state index in [4.69, 9.17) is 22.1 Å². The highest BCUT2D eigenvalue weighted by molar-refractivity contribution is 6.32. The predicted molar refractivity (Wildman–Crippen MR) is 93.7 cm³/mol. The lowest BCUT2D eigenvalue weighted by atomic mass is 9.90. The van der Waals surface area contributed by atoms with Crippen LogP contribution in [0, 0.1) is 0 Å². The van der Waals surface area contributed by atoms with E-state index in [1.54, 1.807) is 0 Å². The number of aromatic nitrogens is 2. The van der Waals surface area contributed by atoms with Gasteiger partial charge in [0.15, 0.2) is 11.0 Å². The van der Waals surface area contributed by atoms with Crippen molar-refractivity contribution in [2.75, 3.05) is 11.1 Å².